The van der Waals surface area contributed by atoms with Gasteiger partial charge in [-0.15, -0.1) is 0 Å². The first-order chi connectivity index (χ1) is 2.50. The first kappa shape index (κ1) is 7.18. The van der Waals surface area contributed by atoms with E-state index in [4.69, 9.17) is 0 Å². The number of allylic oxidation sites excluding steroid dienone is 2. The Morgan fingerprint density at radius 1 is 1.00 bits per heavy atom. The summed E-state index contributed by atoms with van der Waals surface area (Å²) in [4.78, 5) is 0. The topological polar surface area (TPSA) is 0 Å². The Morgan fingerprint density at radius 3 is 1.67 bits per heavy atom. The average molecular weight is 265 g/mol. The normalized spacial score (nSPS) is 14.7. The Hall–Kier alpha value is 1.18. The van der Waals surface area contributed by atoms with Gasteiger partial charge in [0.2, 0.25) is 0 Å². The molecule has 0 aromatic carbocycles. The van der Waals surface area contributed by atoms with Crippen LogP contribution in [0.1, 0.15) is 0 Å². The molecular formula is C4H4SbZr. The van der Waals surface area contributed by atoms with Crippen molar-refractivity contribution in [3.05, 3.63) is 20.2 Å². The molecule has 0 unspecified atom stereocenters. The van der Waals surface area contributed by atoms with E-state index in [9.17, 15) is 0 Å². The maximum atomic E-state index is 2.28. The molecule has 0 saturated heterocycles. The van der Waals surface area contributed by atoms with Gasteiger partial charge in [-0.1, -0.05) is 0 Å². The Morgan fingerprint density at radius 2 is 1.50 bits per heavy atom. The van der Waals surface area contributed by atoms with Crippen molar-refractivity contribution in [1.82, 2.24) is 0 Å². The van der Waals surface area contributed by atoms with Gasteiger partial charge in [0.1, 0.15) is 0 Å². The van der Waals surface area contributed by atoms with E-state index in [1.165, 1.54) is 0 Å². The smallest absolute Gasteiger partial charge is 0 e. The predicted octanol–water partition coefficient (Wildman–Crippen LogP) is 0.729. The molecule has 1 radical (unpaired) electrons. The van der Waals surface area contributed by atoms with Gasteiger partial charge in [-0.2, -0.15) is 0 Å². The molecule has 0 saturated carbocycles. The van der Waals surface area contributed by atoms with Crippen LogP contribution in [0.15, 0.2) is 20.2 Å². The summed E-state index contributed by atoms with van der Waals surface area (Å²) in [6.45, 7) is 0. The van der Waals surface area contributed by atoms with Gasteiger partial charge < -0.3 is 0 Å². The van der Waals surface area contributed by atoms with Gasteiger partial charge in [0.05, 0.1) is 0 Å². The van der Waals surface area contributed by atoms with Crippen molar-refractivity contribution in [1.29, 1.82) is 0 Å². The quantitative estimate of drug-likeness (QED) is 0.566. The minimum Gasteiger partial charge on any atom is 0 e. The van der Waals surface area contributed by atoms with Crippen molar-refractivity contribution in [3.63, 3.8) is 0 Å². The standard InChI is InChI=1S/C4H4.Sb.Zr/c1-3-4-2;;/h1-4H;;. The Labute approximate surface area is 67.3 Å². The van der Waals surface area contributed by atoms with E-state index in [-0.39, 0.29) is 47.8 Å². The molecular weight excluding hydrogens is 261 g/mol. The van der Waals surface area contributed by atoms with E-state index >= 15 is 0 Å². The summed E-state index contributed by atoms with van der Waals surface area (Å²) < 4.78 is 4.55. The van der Waals surface area contributed by atoms with Crippen LogP contribution in [0.25, 0.3) is 0 Å². The van der Waals surface area contributed by atoms with Gasteiger partial charge in [0, 0.05) is 26.2 Å². The molecule has 0 nitrogen and oxygen atoms in total. The molecule has 1 heterocycles. The van der Waals surface area contributed by atoms with E-state index in [1.807, 2.05) is 0 Å². The van der Waals surface area contributed by atoms with Crippen LogP contribution in [-0.2, 0) is 26.2 Å². The molecule has 0 aromatic heterocycles. The molecule has 0 bridgehead atoms. The fourth-order valence-electron chi connectivity index (χ4n) is 0.248. The summed E-state index contributed by atoms with van der Waals surface area (Å²) in [5.74, 6) is 0. The van der Waals surface area contributed by atoms with Crippen LogP contribution in [0.4, 0.5) is 0 Å². The molecule has 6 heavy (non-hydrogen) atoms. The van der Waals surface area contributed by atoms with Crippen LogP contribution < -0.4 is 0 Å². The largest absolute Gasteiger partial charge is 0 e. The zero-order valence-electron chi connectivity index (χ0n) is 3.26. The third-order valence-electron chi connectivity index (χ3n) is 0.455. The van der Waals surface area contributed by atoms with Gasteiger partial charge in [0.15, 0.2) is 0 Å². The van der Waals surface area contributed by atoms with Crippen LogP contribution in [-0.4, -0.2) is 21.6 Å². The van der Waals surface area contributed by atoms with E-state index in [0.717, 1.165) is 0 Å². The SMILES string of the molecule is C1=[CH][Sb][CH]=C1.[Zr]. The second-order valence-corrected chi connectivity index (χ2v) is 3.38. The van der Waals surface area contributed by atoms with Gasteiger partial charge >= 0.3 is 41.8 Å². The maximum absolute atomic E-state index is 2.28. The third-order valence-corrected chi connectivity index (χ3v) is 2.42. The molecule has 1 rings (SSSR count). The van der Waals surface area contributed by atoms with Gasteiger partial charge in [0.25, 0.3) is 0 Å². The van der Waals surface area contributed by atoms with E-state index in [0.29, 0.717) is 0 Å². The van der Waals surface area contributed by atoms with Gasteiger partial charge in [-0.25, -0.2) is 0 Å². The molecule has 1 aliphatic rings. The van der Waals surface area contributed by atoms with Crippen molar-refractivity contribution in [2.75, 3.05) is 0 Å². The second-order valence-electron chi connectivity index (χ2n) is 0.832. The van der Waals surface area contributed by atoms with Crippen molar-refractivity contribution in [2.45, 2.75) is 0 Å². The van der Waals surface area contributed by atoms with Crippen molar-refractivity contribution < 1.29 is 26.2 Å². The van der Waals surface area contributed by atoms with E-state index in [1.54, 1.807) is 0 Å². The summed E-state index contributed by atoms with van der Waals surface area (Å²) in [5.41, 5.74) is 0. The second kappa shape index (κ2) is 4.34. The molecule has 0 atom stereocenters. The molecule has 29 valence electrons. The molecule has 2 heteroatoms. The molecule has 0 fully saturated rings. The Bertz CT molecular complexity index is 65.6. The Balaban J connectivity index is 0.000000250. The predicted molar refractivity (Wildman–Crippen MR) is 24.0 cm³/mol. The molecule has 0 aromatic rings. The number of hydrogen-bond donors (Lipinski definition) is 0. The van der Waals surface area contributed by atoms with Crippen molar-refractivity contribution in [3.8, 4) is 0 Å². The fraction of sp³-hybridized carbons (Fsp3) is 0. The zero-order chi connectivity index (χ0) is 3.54. The molecule has 0 spiro atoms. The third kappa shape index (κ3) is 2.37. The van der Waals surface area contributed by atoms with Gasteiger partial charge in [-0.3, -0.25) is 0 Å². The Kier molecular flexibility index (Phi) is 5.20. The maximum Gasteiger partial charge on any atom is 0 e. The first-order valence-electron chi connectivity index (χ1n) is 1.52. The molecule has 0 amide bonds. The minimum atomic E-state index is 0. The number of rotatable bonds is 0. The van der Waals surface area contributed by atoms with Crippen LogP contribution in [0.3, 0.4) is 0 Å². The molecule has 1 aliphatic heterocycles. The summed E-state index contributed by atoms with van der Waals surface area (Å²) in [5, 5.41) is 0. The molecule has 0 aliphatic carbocycles. The van der Waals surface area contributed by atoms with Crippen LogP contribution in [0.5, 0.6) is 0 Å². The summed E-state index contributed by atoms with van der Waals surface area (Å²) in [7, 11) is 0. The van der Waals surface area contributed by atoms with Crippen LogP contribution in [0, 0.1) is 0 Å². The van der Waals surface area contributed by atoms with Crippen LogP contribution >= 0.6 is 0 Å². The molecule has 0 N–H and O–H groups in total. The van der Waals surface area contributed by atoms with Crippen LogP contribution in [0.2, 0.25) is 0 Å². The van der Waals surface area contributed by atoms with Crippen molar-refractivity contribution >= 4 is 21.6 Å². The minimum absolute atomic E-state index is 0. The monoisotopic (exact) mass is 263 g/mol. The summed E-state index contributed by atoms with van der Waals surface area (Å²) in [6, 6.07) is 0. The van der Waals surface area contributed by atoms with Gasteiger partial charge in [-0.05, 0) is 0 Å². The van der Waals surface area contributed by atoms with Crippen molar-refractivity contribution in [2.24, 2.45) is 0 Å². The van der Waals surface area contributed by atoms with E-state index < -0.39 is 0 Å². The van der Waals surface area contributed by atoms with E-state index in [2.05, 4.69) is 20.2 Å². The average Bonchev–Trinajstić information content (AvgIpc) is 1.76. The first-order valence-corrected chi connectivity index (χ1v) is 4.46. The number of hydrogen-bond acceptors (Lipinski definition) is 0. The summed E-state index contributed by atoms with van der Waals surface area (Å²) in [6.07, 6.45) is 4.24. The fourth-order valence-corrected chi connectivity index (χ4v) is 1.67. The zero-order valence-corrected chi connectivity index (χ0v) is 8.27. The summed E-state index contributed by atoms with van der Waals surface area (Å²) >= 11 is 0.106.